The van der Waals surface area contributed by atoms with Gasteiger partial charge in [-0.2, -0.15) is 0 Å². The van der Waals surface area contributed by atoms with Gasteiger partial charge < -0.3 is 5.32 Å². The molecule has 2 N–H and O–H groups in total. The van der Waals surface area contributed by atoms with Crippen molar-refractivity contribution in [1.29, 1.82) is 0 Å². The fourth-order valence-electron chi connectivity index (χ4n) is 2.57. The molecule has 138 valence electrons. The van der Waals surface area contributed by atoms with Gasteiger partial charge in [0.1, 0.15) is 0 Å². The quantitative estimate of drug-likeness (QED) is 0.618. The van der Waals surface area contributed by atoms with Crippen LogP contribution in [0.2, 0.25) is 5.02 Å². The van der Waals surface area contributed by atoms with Gasteiger partial charge in [0.15, 0.2) is 0 Å². The molecule has 3 aromatic rings. The summed E-state index contributed by atoms with van der Waals surface area (Å²) in [5.41, 5.74) is 1.40. The van der Waals surface area contributed by atoms with Crippen LogP contribution in [0.4, 0.5) is 11.4 Å². The number of benzene rings is 3. The van der Waals surface area contributed by atoms with E-state index in [-0.39, 0.29) is 11.4 Å². The molecule has 0 aliphatic rings. The van der Waals surface area contributed by atoms with Crippen molar-refractivity contribution in [3.63, 3.8) is 0 Å². The van der Waals surface area contributed by atoms with Crippen LogP contribution in [0, 0.1) is 0 Å². The van der Waals surface area contributed by atoms with Crippen molar-refractivity contribution in [3.8, 4) is 0 Å². The van der Waals surface area contributed by atoms with E-state index in [4.69, 9.17) is 11.6 Å². The van der Waals surface area contributed by atoms with Gasteiger partial charge in [0.25, 0.3) is 0 Å². The number of carbonyl (C=O) groups excluding carboxylic acids is 1. The Morgan fingerprint density at radius 2 is 1.70 bits per heavy atom. The second-order valence-electron chi connectivity index (χ2n) is 5.99. The average Bonchev–Trinajstić information content (AvgIpc) is 2.61. The summed E-state index contributed by atoms with van der Waals surface area (Å²) in [5.74, 6) is -0.401. The molecule has 0 unspecified atom stereocenters. The van der Waals surface area contributed by atoms with E-state index in [1.165, 1.54) is 24.3 Å². The Labute approximate surface area is 162 Å². The lowest BCUT2D eigenvalue weighted by Gasteiger charge is -2.11. The zero-order valence-corrected chi connectivity index (χ0v) is 16.0. The van der Waals surface area contributed by atoms with Crippen molar-refractivity contribution in [1.82, 2.24) is 0 Å². The summed E-state index contributed by atoms with van der Waals surface area (Å²) < 4.78 is 25.3. The van der Waals surface area contributed by atoms with Crippen molar-refractivity contribution in [3.05, 3.63) is 77.3 Å². The highest BCUT2D eigenvalue weighted by molar-refractivity contribution is 7.92. The summed E-state index contributed by atoms with van der Waals surface area (Å²) in [6, 6.07) is 18.3. The van der Waals surface area contributed by atoms with Gasteiger partial charge >= 0.3 is 0 Å². The highest BCUT2D eigenvalue weighted by atomic mass is 35.5. The zero-order chi connectivity index (χ0) is 19.4. The van der Waals surface area contributed by atoms with E-state index in [2.05, 4.69) is 10.0 Å². The number of hydrogen-bond donors (Lipinski definition) is 2. The molecule has 7 heteroatoms. The third kappa shape index (κ3) is 5.32. The van der Waals surface area contributed by atoms with E-state index in [1.54, 1.807) is 6.08 Å². The average molecular weight is 401 g/mol. The van der Waals surface area contributed by atoms with E-state index in [9.17, 15) is 13.2 Å². The molecule has 1 amide bonds. The van der Waals surface area contributed by atoms with E-state index in [0.717, 1.165) is 22.6 Å². The number of rotatable bonds is 5. The van der Waals surface area contributed by atoms with Crippen molar-refractivity contribution in [2.24, 2.45) is 0 Å². The first-order valence-electron chi connectivity index (χ1n) is 8.05. The van der Waals surface area contributed by atoms with Gasteiger partial charge in [0.05, 0.1) is 17.6 Å². The van der Waals surface area contributed by atoms with Crippen LogP contribution in [0.25, 0.3) is 16.8 Å². The topological polar surface area (TPSA) is 75.3 Å². The number of sulfonamides is 1. The van der Waals surface area contributed by atoms with Crippen LogP contribution < -0.4 is 10.0 Å². The number of amides is 1. The second kappa shape index (κ2) is 7.82. The molecule has 0 aliphatic heterocycles. The molecule has 0 radical (unpaired) electrons. The maximum atomic E-state index is 12.3. The number of anilines is 2. The summed E-state index contributed by atoms with van der Waals surface area (Å²) in [6.45, 7) is 0. The molecule has 5 nitrogen and oxygen atoms in total. The van der Waals surface area contributed by atoms with Crippen LogP contribution in [0.5, 0.6) is 0 Å². The van der Waals surface area contributed by atoms with Gasteiger partial charge in [-0.1, -0.05) is 48.0 Å². The summed E-state index contributed by atoms with van der Waals surface area (Å²) in [6.07, 6.45) is 4.11. The minimum absolute atomic E-state index is 0.245. The maximum Gasteiger partial charge on any atom is 0.248 e. The Bertz CT molecular complexity index is 1140. The van der Waals surface area contributed by atoms with Gasteiger partial charge in [0.2, 0.25) is 15.9 Å². The second-order valence-corrected chi connectivity index (χ2v) is 8.18. The molecule has 0 fully saturated rings. The van der Waals surface area contributed by atoms with Gasteiger partial charge in [-0.05, 0) is 46.7 Å². The molecule has 0 aromatic heterocycles. The molecule has 3 rings (SSSR count). The fraction of sp³-hybridized carbons (Fsp3) is 0.0500. The fourth-order valence-corrected chi connectivity index (χ4v) is 3.32. The maximum absolute atomic E-state index is 12.3. The largest absolute Gasteiger partial charge is 0.321 e. The number of carbonyl (C=O) groups is 1. The van der Waals surface area contributed by atoms with Crippen LogP contribution in [0.15, 0.2) is 66.7 Å². The molecule has 0 bridgehead atoms. The van der Waals surface area contributed by atoms with E-state index < -0.39 is 15.9 Å². The van der Waals surface area contributed by atoms with Crippen molar-refractivity contribution < 1.29 is 13.2 Å². The molecule has 3 aromatic carbocycles. The number of nitrogens with one attached hydrogen (secondary N) is 2. The number of halogens is 1. The first kappa shape index (κ1) is 18.9. The van der Waals surface area contributed by atoms with Crippen LogP contribution >= 0.6 is 11.6 Å². The number of hydrogen-bond acceptors (Lipinski definition) is 3. The molecule has 0 heterocycles. The lowest BCUT2D eigenvalue weighted by Crippen LogP contribution is -2.14. The molecule has 0 saturated carbocycles. The van der Waals surface area contributed by atoms with Crippen molar-refractivity contribution in [2.75, 3.05) is 16.3 Å². The van der Waals surface area contributed by atoms with Crippen LogP contribution in [-0.2, 0) is 14.8 Å². The van der Waals surface area contributed by atoms with Crippen molar-refractivity contribution in [2.45, 2.75) is 0 Å². The predicted molar refractivity (Wildman–Crippen MR) is 112 cm³/mol. The highest BCUT2D eigenvalue weighted by Gasteiger charge is 2.10. The summed E-state index contributed by atoms with van der Waals surface area (Å²) in [7, 11) is -3.49. The molecule has 0 atom stereocenters. The Morgan fingerprint density at radius 1 is 0.963 bits per heavy atom. The Hall–Kier alpha value is -2.83. The van der Waals surface area contributed by atoms with Gasteiger partial charge in [0, 0.05) is 11.1 Å². The molecule has 27 heavy (non-hydrogen) atoms. The monoisotopic (exact) mass is 400 g/mol. The molecule has 0 saturated heterocycles. The lowest BCUT2D eigenvalue weighted by atomic mass is 10.1. The number of fused-ring (bicyclic) bond motifs is 1. The van der Waals surface area contributed by atoms with Gasteiger partial charge in [-0.15, -0.1) is 0 Å². The standard InChI is InChI=1S/C20H17ClN2O3S/c1-27(25,26)23-18-10-9-17(21)13-19(18)22-20(24)11-7-14-6-8-15-4-2-3-5-16(15)12-14/h2-13,23H,1H3,(H,22,24)/b11-7+. The Kier molecular flexibility index (Phi) is 5.48. The third-order valence-corrected chi connectivity index (χ3v) is 4.56. The summed E-state index contributed by atoms with van der Waals surface area (Å²) >= 11 is 5.95. The predicted octanol–water partition coefficient (Wildman–Crippen LogP) is 4.52. The van der Waals surface area contributed by atoms with E-state index in [1.807, 2.05) is 42.5 Å². The molecular formula is C20H17ClN2O3S. The Balaban J connectivity index is 1.78. The van der Waals surface area contributed by atoms with Crippen LogP contribution in [0.3, 0.4) is 0 Å². The normalized spacial score (nSPS) is 11.6. The summed E-state index contributed by atoms with van der Waals surface area (Å²) in [4.78, 5) is 12.3. The minimum atomic E-state index is -3.49. The molecule has 0 aliphatic carbocycles. The zero-order valence-electron chi connectivity index (χ0n) is 14.4. The summed E-state index contributed by atoms with van der Waals surface area (Å²) in [5, 5.41) is 5.22. The minimum Gasteiger partial charge on any atom is -0.321 e. The van der Waals surface area contributed by atoms with Gasteiger partial charge in [-0.25, -0.2) is 8.42 Å². The molecule has 0 spiro atoms. The van der Waals surface area contributed by atoms with Crippen molar-refractivity contribution >= 4 is 55.8 Å². The van der Waals surface area contributed by atoms with E-state index >= 15 is 0 Å². The van der Waals surface area contributed by atoms with E-state index in [0.29, 0.717) is 5.02 Å². The van der Waals surface area contributed by atoms with Gasteiger partial charge in [-0.3, -0.25) is 9.52 Å². The third-order valence-electron chi connectivity index (χ3n) is 3.74. The highest BCUT2D eigenvalue weighted by Crippen LogP contribution is 2.26. The first-order valence-corrected chi connectivity index (χ1v) is 10.3. The SMILES string of the molecule is CS(=O)(=O)Nc1ccc(Cl)cc1NC(=O)/C=C/c1ccc2ccccc2c1. The van der Waals surface area contributed by atoms with Crippen LogP contribution in [-0.4, -0.2) is 20.6 Å². The smallest absolute Gasteiger partial charge is 0.248 e. The van der Waals surface area contributed by atoms with Crippen LogP contribution in [0.1, 0.15) is 5.56 Å². The molecular weight excluding hydrogens is 384 g/mol. The Morgan fingerprint density at radius 3 is 2.44 bits per heavy atom. The lowest BCUT2D eigenvalue weighted by molar-refractivity contribution is -0.111. The first-order chi connectivity index (χ1) is 12.8.